The van der Waals surface area contributed by atoms with Crippen molar-refractivity contribution in [1.29, 1.82) is 0 Å². The van der Waals surface area contributed by atoms with Gasteiger partial charge in [0.15, 0.2) is 19.7 Å². The third-order valence-corrected chi connectivity index (χ3v) is 9.65. The molecule has 0 saturated carbocycles. The zero-order chi connectivity index (χ0) is 15.7. The van der Waals surface area contributed by atoms with Gasteiger partial charge in [-0.25, -0.2) is 16.8 Å². The number of hydrogen-bond acceptors (Lipinski definition) is 7. The van der Waals surface area contributed by atoms with Crippen molar-refractivity contribution in [3.63, 3.8) is 0 Å². The normalized spacial score (nSPS) is 34.7. The third-order valence-electron chi connectivity index (χ3n) is 4.48. The van der Waals surface area contributed by atoms with Crippen LogP contribution < -0.4 is 5.73 Å². The molecule has 2 fully saturated rings. The quantitative estimate of drug-likeness (QED) is 0.738. The van der Waals surface area contributed by atoms with Gasteiger partial charge < -0.3 is 5.73 Å². The summed E-state index contributed by atoms with van der Waals surface area (Å²) in [6.45, 7) is 2.41. The van der Waals surface area contributed by atoms with E-state index in [2.05, 4.69) is 0 Å². The summed E-state index contributed by atoms with van der Waals surface area (Å²) in [5.41, 5.74) is 5.21. The molecular weight excluding hydrogens is 332 g/mol. The van der Waals surface area contributed by atoms with Crippen LogP contribution in [0.4, 0.5) is 0 Å². The summed E-state index contributed by atoms with van der Waals surface area (Å²) < 4.78 is 48.9. The third kappa shape index (κ3) is 3.57. The maximum Gasteiger partial charge on any atom is 0.166 e. The molecule has 2 aliphatic heterocycles. The lowest BCUT2D eigenvalue weighted by Crippen LogP contribution is -2.66. The van der Waals surface area contributed by atoms with E-state index in [1.165, 1.54) is 0 Å². The van der Waals surface area contributed by atoms with Gasteiger partial charge in [0, 0.05) is 35.9 Å². The maximum absolute atomic E-state index is 12.4. The molecule has 2 aliphatic rings. The highest BCUT2D eigenvalue weighted by Crippen LogP contribution is 2.35. The van der Waals surface area contributed by atoms with Crippen LogP contribution in [0.1, 0.15) is 19.8 Å². The second-order valence-corrected chi connectivity index (χ2v) is 11.6. The number of rotatable bonds is 4. The van der Waals surface area contributed by atoms with E-state index in [9.17, 15) is 16.8 Å². The second kappa shape index (κ2) is 6.35. The Morgan fingerprint density at radius 2 is 2.14 bits per heavy atom. The number of hydrogen-bond donors (Lipinski definition) is 1. The summed E-state index contributed by atoms with van der Waals surface area (Å²) in [7, 11) is -6.40. The molecule has 0 aromatic heterocycles. The van der Waals surface area contributed by atoms with Gasteiger partial charge in [0.1, 0.15) is 5.37 Å². The van der Waals surface area contributed by atoms with E-state index in [1.54, 1.807) is 18.7 Å². The highest BCUT2D eigenvalue weighted by molar-refractivity contribution is 8.01. The van der Waals surface area contributed by atoms with E-state index in [0.717, 1.165) is 5.75 Å². The van der Waals surface area contributed by atoms with Crippen molar-refractivity contribution in [2.45, 2.75) is 30.7 Å². The van der Waals surface area contributed by atoms with Crippen LogP contribution in [0.15, 0.2) is 0 Å². The first-order valence-electron chi connectivity index (χ1n) is 7.23. The molecule has 0 aromatic carbocycles. The highest BCUT2D eigenvalue weighted by atomic mass is 32.2. The number of nitrogens with two attached hydrogens (primary N) is 1. The lowest BCUT2D eigenvalue weighted by molar-refractivity contribution is 0.0953. The molecule has 0 bridgehead atoms. The Balaban J connectivity index is 2.38. The SMILES string of the molecule is CCS(=O)(=O)C1CSCCN1C1(CN)CCCS(=O)(=O)C1. The first-order chi connectivity index (χ1) is 9.76. The lowest BCUT2D eigenvalue weighted by atomic mass is 9.93. The zero-order valence-electron chi connectivity index (χ0n) is 12.3. The molecule has 2 saturated heterocycles. The average molecular weight is 357 g/mol. The van der Waals surface area contributed by atoms with Crippen molar-refractivity contribution in [2.75, 3.05) is 41.9 Å². The fourth-order valence-electron chi connectivity index (χ4n) is 3.29. The summed E-state index contributed by atoms with van der Waals surface area (Å²) in [4.78, 5) is 1.89. The Morgan fingerprint density at radius 1 is 1.43 bits per heavy atom. The van der Waals surface area contributed by atoms with Crippen LogP contribution in [-0.4, -0.2) is 74.5 Å². The van der Waals surface area contributed by atoms with Gasteiger partial charge in [-0.2, -0.15) is 11.8 Å². The summed E-state index contributed by atoms with van der Waals surface area (Å²) in [6, 6.07) is 0. The second-order valence-electron chi connectivity index (χ2n) is 5.80. The van der Waals surface area contributed by atoms with Crippen molar-refractivity contribution in [3.05, 3.63) is 0 Å². The van der Waals surface area contributed by atoms with Crippen LogP contribution in [0.5, 0.6) is 0 Å². The van der Waals surface area contributed by atoms with E-state index in [-0.39, 0.29) is 23.8 Å². The van der Waals surface area contributed by atoms with Gasteiger partial charge in [0.2, 0.25) is 0 Å². The van der Waals surface area contributed by atoms with Crippen LogP contribution in [0.25, 0.3) is 0 Å². The Hall–Kier alpha value is 0.170. The van der Waals surface area contributed by atoms with Crippen molar-refractivity contribution < 1.29 is 16.8 Å². The summed E-state index contributed by atoms with van der Waals surface area (Å²) >= 11 is 1.61. The molecule has 9 heteroatoms. The molecule has 6 nitrogen and oxygen atoms in total. The van der Waals surface area contributed by atoms with Crippen molar-refractivity contribution in [1.82, 2.24) is 4.90 Å². The molecule has 2 heterocycles. The van der Waals surface area contributed by atoms with Gasteiger partial charge in [0.05, 0.1) is 11.5 Å². The van der Waals surface area contributed by atoms with Crippen LogP contribution in [0.3, 0.4) is 0 Å². The Labute approximate surface area is 131 Å². The van der Waals surface area contributed by atoms with E-state index < -0.39 is 30.6 Å². The summed E-state index contributed by atoms with van der Waals surface area (Å²) in [5, 5.41) is -0.613. The monoisotopic (exact) mass is 356 g/mol. The smallest absolute Gasteiger partial charge is 0.166 e. The van der Waals surface area contributed by atoms with Gasteiger partial charge in [-0.15, -0.1) is 0 Å². The van der Waals surface area contributed by atoms with Gasteiger partial charge in [-0.1, -0.05) is 6.92 Å². The minimum Gasteiger partial charge on any atom is -0.329 e. The van der Waals surface area contributed by atoms with Gasteiger partial charge >= 0.3 is 0 Å². The summed E-state index contributed by atoms with van der Waals surface area (Å²) in [6.07, 6.45) is 1.21. The molecule has 124 valence electrons. The minimum atomic E-state index is -3.25. The van der Waals surface area contributed by atoms with Crippen LogP contribution in [-0.2, 0) is 19.7 Å². The van der Waals surface area contributed by atoms with Gasteiger partial charge in [-0.05, 0) is 12.8 Å². The fourth-order valence-corrected chi connectivity index (χ4v) is 8.36. The lowest BCUT2D eigenvalue weighted by Gasteiger charge is -2.50. The Morgan fingerprint density at radius 3 is 2.71 bits per heavy atom. The molecule has 2 rings (SSSR count). The molecule has 2 atom stereocenters. The molecular formula is C12H24N2O4S3. The molecule has 0 radical (unpaired) electrons. The first-order valence-corrected chi connectivity index (χ1v) is 11.9. The van der Waals surface area contributed by atoms with E-state index in [0.29, 0.717) is 25.1 Å². The number of sulfone groups is 2. The average Bonchev–Trinajstić information content (AvgIpc) is 2.46. The predicted octanol–water partition coefficient (Wildman–Crippen LogP) is -0.298. The molecule has 2 N–H and O–H groups in total. The minimum absolute atomic E-state index is 0.0170. The van der Waals surface area contributed by atoms with E-state index in [1.807, 2.05) is 4.90 Å². The number of thioether (sulfide) groups is 1. The molecule has 0 spiro atoms. The Kier molecular flexibility index (Phi) is 5.30. The van der Waals surface area contributed by atoms with Gasteiger partial charge in [0.25, 0.3) is 0 Å². The first kappa shape index (κ1) is 17.5. The largest absolute Gasteiger partial charge is 0.329 e. The van der Waals surface area contributed by atoms with Crippen molar-refractivity contribution >= 4 is 31.4 Å². The molecule has 0 amide bonds. The van der Waals surface area contributed by atoms with E-state index >= 15 is 0 Å². The van der Waals surface area contributed by atoms with Crippen LogP contribution >= 0.6 is 11.8 Å². The van der Waals surface area contributed by atoms with Gasteiger partial charge in [-0.3, -0.25) is 4.90 Å². The highest BCUT2D eigenvalue weighted by Gasteiger charge is 2.48. The molecule has 21 heavy (non-hydrogen) atoms. The zero-order valence-corrected chi connectivity index (χ0v) is 14.8. The number of nitrogens with zero attached hydrogens (tertiary/aromatic N) is 1. The maximum atomic E-state index is 12.4. The standard InChI is InChI=1S/C12H24N2O4S3/c1-2-21(17,18)11-8-19-6-5-14(11)12(9-13)4-3-7-20(15,16)10-12/h11H,2-10,13H2,1H3. The molecule has 0 aromatic rings. The summed E-state index contributed by atoms with van der Waals surface area (Å²) in [5.74, 6) is 1.55. The fraction of sp³-hybridized carbons (Fsp3) is 1.00. The van der Waals surface area contributed by atoms with Crippen LogP contribution in [0.2, 0.25) is 0 Å². The Bertz CT molecular complexity index is 575. The van der Waals surface area contributed by atoms with E-state index in [4.69, 9.17) is 5.73 Å². The van der Waals surface area contributed by atoms with Crippen molar-refractivity contribution in [3.8, 4) is 0 Å². The topological polar surface area (TPSA) is 97.5 Å². The molecule has 0 aliphatic carbocycles. The van der Waals surface area contributed by atoms with Crippen molar-refractivity contribution in [2.24, 2.45) is 5.73 Å². The molecule has 2 unspecified atom stereocenters. The predicted molar refractivity (Wildman–Crippen MR) is 87.0 cm³/mol. The van der Waals surface area contributed by atoms with Crippen LogP contribution in [0, 0.1) is 0 Å².